The van der Waals surface area contributed by atoms with Crippen LogP contribution in [0.15, 0.2) is 0 Å². The minimum Gasteiger partial charge on any atom is -0.140 e. The molecule has 0 N–H and O–H groups in total. The molecule has 0 aromatic carbocycles. The summed E-state index contributed by atoms with van der Waals surface area (Å²) in [4.78, 5) is 0. The van der Waals surface area contributed by atoms with Crippen molar-refractivity contribution in [2.45, 2.75) is 6.43 Å². The molecular formula is CCaF4. The van der Waals surface area contributed by atoms with E-state index in [-0.39, 0.29) is 37.7 Å². The first kappa shape index (κ1) is 10.1. The van der Waals surface area contributed by atoms with Crippen LogP contribution in [0.4, 0.5) is 17.6 Å². The molecule has 0 nitrogen and oxygen atoms in total. The van der Waals surface area contributed by atoms with Crippen molar-refractivity contribution in [1.82, 2.24) is 0 Å². The zero-order chi connectivity index (χ0) is 4.50. The van der Waals surface area contributed by atoms with Gasteiger partial charge in [0.25, 0.3) is 0 Å². The minimum atomic E-state index is -5.50. The predicted molar refractivity (Wildman–Crippen MR) is 12.9 cm³/mol. The van der Waals surface area contributed by atoms with Gasteiger partial charge in [0.2, 0.25) is 0 Å². The van der Waals surface area contributed by atoms with Crippen LogP contribution in [0, 0.1) is 0 Å². The summed E-state index contributed by atoms with van der Waals surface area (Å²) < 4.78 is 38.8. The number of alkyl halides is 4. The van der Waals surface area contributed by atoms with Gasteiger partial charge in [0.05, 0.1) is 0 Å². The summed E-state index contributed by atoms with van der Waals surface area (Å²) in [6.45, 7) is 0. The number of halogens is 4. The third-order valence-electron chi connectivity index (χ3n) is 0. The van der Waals surface area contributed by atoms with Crippen molar-refractivity contribution in [3.05, 3.63) is 0 Å². The second-order valence-electron chi connectivity index (χ2n) is 0.429. The van der Waals surface area contributed by atoms with Gasteiger partial charge in [-0.2, -0.15) is 0 Å². The number of hydrogen-bond donors (Lipinski definition) is 0. The predicted octanol–water partition coefficient (Wildman–Crippen LogP) is 1.09. The summed E-state index contributed by atoms with van der Waals surface area (Å²) in [7, 11) is 0. The first-order valence-corrected chi connectivity index (χ1v) is 0.756. The molecule has 6 heavy (non-hydrogen) atoms. The molecule has 0 bridgehead atoms. The molecule has 5 heteroatoms. The fourth-order valence-corrected chi connectivity index (χ4v) is 0. The van der Waals surface area contributed by atoms with Gasteiger partial charge in [-0.05, 0) is 0 Å². The minimum absolute atomic E-state index is 0. The Bertz CT molecular complexity index is 23.0. The topological polar surface area (TPSA) is 0 Å². The molecule has 0 amide bonds. The maximum Gasteiger partial charge on any atom is 0.559 e. The summed E-state index contributed by atoms with van der Waals surface area (Å²) in [6.07, 6.45) is -5.50. The smallest absolute Gasteiger partial charge is 0.140 e. The second-order valence-corrected chi connectivity index (χ2v) is 0.429. The van der Waals surface area contributed by atoms with Crippen LogP contribution >= 0.6 is 0 Å². The van der Waals surface area contributed by atoms with Gasteiger partial charge >= 0.3 is 6.43 Å². The summed E-state index contributed by atoms with van der Waals surface area (Å²) in [6, 6.07) is 0. The molecule has 0 aromatic heterocycles. The molecule has 0 saturated heterocycles. The van der Waals surface area contributed by atoms with Crippen LogP contribution in [0.1, 0.15) is 0 Å². The molecule has 0 aliphatic rings. The Morgan fingerprint density at radius 3 is 0.833 bits per heavy atom. The molecular weight excluding hydrogens is 128 g/mol. The fourth-order valence-electron chi connectivity index (χ4n) is 0. The van der Waals surface area contributed by atoms with Crippen molar-refractivity contribution in [2.75, 3.05) is 0 Å². The summed E-state index contributed by atoms with van der Waals surface area (Å²) in [5, 5.41) is 0. The molecule has 0 aliphatic carbocycles. The first-order valence-electron chi connectivity index (χ1n) is 0.756. The molecule has 34 valence electrons. The molecule has 0 spiro atoms. The van der Waals surface area contributed by atoms with E-state index in [1.807, 2.05) is 0 Å². The molecule has 0 rings (SSSR count). The van der Waals surface area contributed by atoms with E-state index in [4.69, 9.17) is 0 Å². The van der Waals surface area contributed by atoms with Crippen molar-refractivity contribution in [1.29, 1.82) is 0 Å². The van der Waals surface area contributed by atoms with Crippen molar-refractivity contribution < 1.29 is 17.6 Å². The Labute approximate surface area is 61.5 Å². The molecule has 0 aromatic rings. The van der Waals surface area contributed by atoms with Crippen molar-refractivity contribution in [3.63, 3.8) is 0 Å². The van der Waals surface area contributed by atoms with Crippen LogP contribution in [0.25, 0.3) is 0 Å². The van der Waals surface area contributed by atoms with E-state index in [9.17, 15) is 17.6 Å². The maximum absolute atomic E-state index is 9.69. The zero-order valence-corrected chi connectivity index (χ0v) is 4.93. The van der Waals surface area contributed by atoms with Gasteiger partial charge in [-0.25, -0.2) is 0 Å². The van der Waals surface area contributed by atoms with Gasteiger partial charge in [-0.1, -0.05) is 0 Å². The Kier molecular flexibility index (Phi) is 5.11. The van der Waals surface area contributed by atoms with E-state index in [0.29, 0.717) is 0 Å². The van der Waals surface area contributed by atoms with Crippen LogP contribution in [0.5, 0.6) is 0 Å². The standard InChI is InChI=1S/CF4.Ca/c2-1(3,4)5;. The average molecular weight is 128 g/mol. The Morgan fingerprint density at radius 2 is 0.833 bits per heavy atom. The van der Waals surface area contributed by atoms with E-state index < -0.39 is 6.43 Å². The van der Waals surface area contributed by atoms with E-state index >= 15 is 0 Å². The molecule has 0 saturated carbocycles. The average Bonchev–Trinajstić information content (AvgIpc) is 0.722. The third kappa shape index (κ3) is 82.2. The van der Waals surface area contributed by atoms with Crippen molar-refractivity contribution in [3.8, 4) is 0 Å². The van der Waals surface area contributed by atoms with E-state index in [2.05, 4.69) is 0 Å². The zero-order valence-electron chi connectivity index (χ0n) is 2.72. The van der Waals surface area contributed by atoms with E-state index in [1.165, 1.54) is 0 Å². The van der Waals surface area contributed by atoms with E-state index in [1.54, 1.807) is 0 Å². The van der Waals surface area contributed by atoms with Gasteiger partial charge in [0.1, 0.15) is 0 Å². The SMILES string of the molecule is FC(F)(F)F.[Ca]. The van der Waals surface area contributed by atoms with E-state index in [0.717, 1.165) is 0 Å². The largest absolute Gasteiger partial charge is 0.559 e. The van der Waals surface area contributed by atoms with Crippen LogP contribution in [0.3, 0.4) is 0 Å². The second kappa shape index (κ2) is 3.04. The fraction of sp³-hybridized carbons (Fsp3) is 1.00. The first-order chi connectivity index (χ1) is 2.00. The maximum atomic E-state index is 9.69. The Morgan fingerprint density at radius 1 is 0.833 bits per heavy atom. The molecule has 0 atom stereocenters. The Hall–Kier alpha value is 0.980. The van der Waals surface area contributed by atoms with Crippen molar-refractivity contribution >= 4 is 37.7 Å². The van der Waals surface area contributed by atoms with Gasteiger partial charge in [-0.15, -0.1) is 17.6 Å². The van der Waals surface area contributed by atoms with Crippen LogP contribution in [-0.4, -0.2) is 44.2 Å². The van der Waals surface area contributed by atoms with Crippen molar-refractivity contribution in [2.24, 2.45) is 0 Å². The quantitative estimate of drug-likeness (QED) is 0.338. The molecule has 0 fully saturated rings. The number of hydrogen-bond acceptors (Lipinski definition) is 0. The third-order valence-corrected chi connectivity index (χ3v) is 0. The van der Waals surface area contributed by atoms with Gasteiger partial charge in [-0.3, -0.25) is 0 Å². The van der Waals surface area contributed by atoms with Gasteiger partial charge in [0.15, 0.2) is 0 Å². The summed E-state index contributed by atoms with van der Waals surface area (Å²) in [5.74, 6) is 0. The van der Waals surface area contributed by atoms with Crippen LogP contribution in [0.2, 0.25) is 0 Å². The molecule has 2 radical (unpaired) electrons. The number of rotatable bonds is 0. The van der Waals surface area contributed by atoms with Gasteiger partial charge < -0.3 is 0 Å². The summed E-state index contributed by atoms with van der Waals surface area (Å²) >= 11 is 0. The van der Waals surface area contributed by atoms with Crippen LogP contribution < -0.4 is 0 Å². The normalized spacial score (nSPS) is 10.0. The Balaban J connectivity index is 0. The van der Waals surface area contributed by atoms with Gasteiger partial charge in [0, 0.05) is 37.7 Å². The molecule has 0 unspecified atom stereocenters. The van der Waals surface area contributed by atoms with Crippen LogP contribution in [-0.2, 0) is 0 Å². The molecule has 0 aliphatic heterocycles. The molecule has 0 heterocycles. The summed E-state index contributed by atoms with van der Waals surface area (Å²) in [5.41, 5.74) is 0. The monoisotopic (exact) mass is 128 g/mol.